The average molecular weight is 593 g/mol. The number of likely N-dealkylation sites (N-methyl/N-ethyl adjacent to an activating group) is 1. The Hall–Kier alpha value is -4.02. The summed E-state index contributed by atoms with van der Waals surface area (Å²) in [6.45, 7) is 2.29. The summed E-state index contributed by atoms with van der Waals surface area (Å²) in [4.78, 5) is 42.2. The number of carbonyl (C=O) groups is 3. The predicted octanol–water partition coefficient (Wildman–Crippen LogP) is 2.74. The van der Waals surface area contributed by atoms with Crippen LogP contribution < -0.4 is 20.7 Å². The van der Waals surface area contributed by atoms with Gasteiger partial charge in [-0.2, -0.15) is 0 Å². The monoisotopic (exact) mass is 592 g/mol. The van der Waals surface area contributed by atoms with E-state index in [-0.39, 0.29) is 18.9 Å². The largest absolute Gasteiger partial charge is 0.492 e. The molecule has 43 heavy (non-hydrogen) atoms. The number of aliphatic hydroxyl groups is 1. The molecule has 4 N–H and O–H groups in total. The van der Waals surface area contributed by atoms with Crippen molar-refractivity contribution in [1.29, 1.82) is 0 Å². The van der Waals surface area contributed by atoms with E-state index < -0.39 is 41.9 Å². The molecule has 4 rings (SSSR count). The van der Waals surface area contributed by atoms with Gasteiger partial charge in [-0.1, -0.05) is 48.6 Å². The van der Waals surface area contributed by atoms with Gasteiger partial charge in [-0.05, 0) is 61.9 Å². The molecule has 3 amide bonds. The van der Waals surface area contributed by atoms with Gasteiger partial charge in [0, 0.05) is 32.1 Å². The van der Waals surface area contributed by atoms with Gasteiger partial charge in [-0.3, -0.25) is 19.7 Å². The van der Waals surface area contributed by atoms with E-state index in [9.17, 15) is 23.9 Å². The molecule has 0 radical (unpaired) electrons. The number of ether oxygens (including phenoxy) is 1. The SMILES string of the molecule is CC(O)[C@H]1C(=O)N[C@H](Cc2ccc(F)cc2)C(=O)NC/C=C/c2ccccc2OCCN[C@@H](C2=CCCCC2)C(=O)N1C. The molecule has 0 aromatic heterocycles. The average Bonchev–Trinajstić information content (AvgIpc) is 3.00. The summed E-state index contributed by atoms with van der Waals surface area (Å²) in [5.41, 5.74) is 2.41. The number of para-hydroxylation sites is 1. The van der Waals surface area contributed by atoms with Crippen LogP contribution in [0.15, 0.2) is 66.3 Å². The lowest BCUT2D eigenvalue weighted by atomic mass is 9.92. The van der Waals surface area contributed by atoms with Crippen molar-refractivity contribution in [3.05, 3.63) is 83.2 Å². The van der Waals surface area contributed by atoms with Gasteiger partial charge in [0.25, 0.3) is 0 Å². The van der Waals surface area contributed by atoms with Crippen molar-refractivity contribution in [2.45, 2.75) is 63.3 Å². The first kappa shape index (κ1) is 31.9. The van der Waals surface area contributed by atoms with Crippen LogP contribution in [-0.2, 0) is 20.8 Å². The predicted molar refractivity (Wildman–Crippen MR) is 163 cm³/mol. The molecule has 0 bridgehead atoms. The van der Waals surface area contributed by atoms with E-state index in [2.05, 4.69) is 22.0 Å². The van der Waals surface area contributed by atoms with Crippen LogP contribution in [-0.4, -0.2) is 78.7 Å². The van der Waals surface area contributed by atoms with E-state index in [1.54, 1.807) is 18.2 Å². The molecule has 1 unspecified atom stereocenters. The second-order valence-electron chi connectivity index (χ2n) is 11.0. The number of hydrogen-bond donors (Lipinski definition) is 4. The number of allylic oxidation sites excluding steroid dienone is 1. The van der Waals surface area contributed by atoms with Crippen molar-refractivity contribution in [1.82, 2.24) is 20.9 Å². The van der Waals surface area contributed by atoms with Crippen molar-refractivity contribution in [2.75, 3.05) is 26.7 Å². The van der Waals surface area contributed by atoms with E-state index in [0.29, 0.717) is 24.5 Å². The zero-order valence-corrected chi connectivity index (χ0v) is 24.7. The normalized spacial score (nSPS) is 24.3. The smallest absolute Gasteiger partial charge is 0.246 e. The van der Waals surface area contributed by atoms with Crippen LogP contribution in [0.2, 0.25) is 0 Å². The van der Waals surface area contributed by atoms with Crippen molar-refractivity contribution < 1.29 is 28.6 Å². The molecule has 1 heterocycles. The molecule has 0 fully saturated rings. The highest BCUT2D eigenvalue weighted by Crippen LogP contribution is 2.23. The minimum Gasteiger partial charge on any atom is -0.492 e. The molecular formula is C33H41FN4O5. The number of rotatable bonds is 4. The maximum atomic E-state index is 13.9. The summed E-state index contributed by atoms with van der Waals surface area (Å²) >= 11 is 0. The highest BCUT2D eigenvalue weighted by atomic mass is 19.1. The Morgan fingerprint density at radius 2 is 1.84 bits per heavy atom. The second-order valence-corrected chi connectivity index (χ2v) is 11.0. The number of amides is 3. The third-order valence-electron chi connectivity index (χ3n) is 7.74. The lowest BCUT2D eigenvalue weighted by molar-refractivity contribution is -0.144. The number of benzene rings is 2. The minimum atomic E-state index is -1.26. The van der Waals surface area contributed by atoms with E-state index >= 15 is 0 Å². The molecule has 2 aromatic rings. The molecular weight excluding hydrogens is 551 g/mol. The van der Waals surface area contributed by atoms with Crippen LogP contribution in [0.5, 0.6) is 5.75 Å². The molecule has 10 heteroatoms. The van der Waals surface area contributed by atoms with Gasteiger partial charge in [-0.25, -0.2) is 4.39 Å². The summed E-state index contributed by atoms with van der Waals surface area (Å²) in [7, 11) is 1.49. The van der Waals surface area contributed by atoms with Crippen LogP contribution in [0.1, 0.15) is 43.7 Å². The van der Waals surface area contributed by atoms with Crippen molar-refractivity contribution >= 4 is 23.8 Å². The molecule has 4 atom stereocenters. The van der Waals surface area contributed by atoms with Gasteiger partial charge in [0.2, 0.25) is 17.7 Å². The quantitative estimate of drug-likeness (QED) is 0.406. The van der Waals surface area contributed by atoms with Crippen LogP contribution in [0.3, 0.4) is 0 Å². The van der Waals surface area contributed by atoms with Crippen molar-refractivity contribution in [2.24, 2.45) is 0 Å². The van der Waals surface area contributed by atoms with Crippen LogP contribution >= 0.6 is 0 Å². The molecule has 2 aliphatic rings. The first-order valence-corrected chi connectivity index (χ1v) is 14.8. The Balaban J connectivity index is 1.66. The highest BCUT2D eigenvalue weighted by Gasteiger charge is 2.37. The number of nitrogens with zero attached hydrogens (tertiary/aromatic N) is 1. The van der Waals surface area contributed by atoms with Crippen molar-refractivity contribution in [3.63, 3.8) is 0 Å². The summed E-state index contributed by atoms with van der Waals surface area (Å²) in [5, 5.41) is 19.6. The summed E-state index contributed by atoms with van der Waals surface area (Å²) in [6.07, 6.45) is 8.17. The molecule has 0 spiro atoms. The standard InChI is InChI=1S/C33H41FN4O5/c1-22(39)30-32(41)37-27(21-23-14-16-26(34)17-15-23)31(40)36-18-8-12-24-9-6-7-13-28(24)43-20-19-35-29(33(42)38(30)2)25-10-4-3-5-11-25/h6-10,12-17,22,27,29-30,35,39H,3-5,11,18-21H2,1-2H3,(H,36,40)(H,37,41)/b12-8+/t22?,27-,29+,30+/m1/s1. The lowest BCUT2D eigenvalue weighted by Gasteiger charge is -2.34. The maximum absolute atomic E-state index is 13.9. The van der Waals surface area contributed by atoms with Crippen LogP contribution in [0.4, 0.5) is 4.39 Å². The van der Waals surface area contributed by atoms with Gasteiger partial charge in [0.1, 0.15) is 36.3 Å². The van der Waals surface area contributed by atoms with Gasteiger partial charge >= 0.3 is 0 Å². The number of carbonyl (C=O) groups excluding carboxylic acids is 3. The van der Waals surface area contributed by atoms with E-state index in [1.807, 2.05) is 30.3 Å². The Morgan fingerprint density at radius 1 is 1.07 bits per heavy atom. The van der Waals surface area contributed by atoms with E-state index in [1.165, 1.54) is 31.0 Å². The van der Waals surface area contributed by atoms with Gasteiger partial charge in [0.15, 0.2) is 0 Å². The minimum absolute atomic E-state index is 0.0828. The third kappa shape index (κ3) is 8.75. The fraction of sp³-hybridized carbons (Fsp3) is 0.424. The molecule has 0 saturated heterocycles. The molecule has 9 nitrogen and oxygen atoms in total. The molecule has 0 saturated carbocycles. The summed E-state index contributed by atoms with van der Waals surface area (Å²) < 4.78 is 19.6. The topological polar surface area (TPSA) is 120 Å². The van der Waals surface area contributed by atoms with Crippen molar-refractivity contribution in [3.8, 4) is 5.75 Å². The highest BCUT2D eigenvalue weighted by molar-refractivity contribution is 5.94. The number of fused-ring (bicyclic) bond motifs is 1. The summed E-state index contributed by atoms with van der Waals surface area (Å²) in [6, 6.07) is 10.2. The Kier molecular flexibility index (Phi) is 11.5. The molecule has 2 aromatic carbocycles. The molecule has 230 valence electrons. The van der Waals surface area contributed by atoms with Crippen LogP contribution in [0, 0.1) is 5.82 Å². The Labute approximate surface area is 252 Å². The third-order valence-corrected chi connectivity index (χ3v) is 7.74. The zero-order chi connectivity index (χ0) is 30.8. The Morgan fingerprint density at radius 3 is 2.56 bits per heavy atom. The number of hydrogen-bond acceptors (Lipinski definition) is 6. The molecule has 1 aliphatic heterocycles. The van der Waals surface area contributed by atoms with Gasteiger partial charge in [-0.15, -0.1) is 0 Å². The second kappa shape index (κ2) is 15.5. The maximum Gasteiger partial charge on any atom is 0.246 e. The zero-order valence-electron chi connectivity index (χ0n) is 24.7. The first-order valence-electron chi connectivity index (χ1n) is 14.8. The first-order chi connectivity index (χ1) is 20.7. The Bertz CT molecular complexity index is 1330. The van der Waals surface area contributed by atoms with Crippen LogP contribution in [0.25, 0.3) is 6.08 Å². The number of aliphatic hydroxyl groups excluding tert-OH is 1. The van der Waals surface area contributed by atoms with Gasteiger partial charge in [0.05, 0.1) is 6.10 Å². The molecule has 1 aliphatic carbocycles. The van der Waals surface area contributed by atoms with E-state index in [4.69, 9.17) is 4.74 Å². The van der Waals surface area contributed by atoms with E-state index in [0.717, 1.165) is 36.8 Å². The summed E-state index contributed by atoms with van der Waals surface area (Å²) in [5.74, 6) is -1.24. The fourth-order valence-electron chi connectivity index (χ4n) is 5.47. The lowest BCUT2D eigenvalue weighted by Crippen LogP contribution is -2.60. The van der Waals surface area contributed by atoms with Gasteiger partial charge < -0.3 is 25.4 Å². The number of nitrogens with one attached hydrogen (secondary N) is 3. The number of halogens is 1. The fourth-order valence-corrected chi connectivity index (χ4v) is 5.47.